The maximum Gasteiger partial charge on any atom is 0.0699 e. The molecule has 0 saturated carbocycles. The van der Waals surface area contributed by atoms with Crippen LogP contribution in [0.4, 0.5) is 5.69 Å². The van der Waals surface area contributed by atoms with E-state index in [1.165, 1.54) is 5.69 Å². The van der Waals surface area contributed by atoms with Gasteiger partial charge >= 0.3 is 0 Å². The molecule has 0 radical (unpaired) electrons. The van der Waals surface area contributed by atoms with Gasteiger partial charge in [-0.15, -0.1) is 6.42 Å². The zero-order chi connectivity index (χ0) is 13.0. The quantitative estimate of drug-likeness (QED) is 0.736. The van der Waals surface area contributed by atoms with Gasteiger partial charge in [0.2, 0.25) is 0 Å². The Morgan fingerprint density at radius 1 is 0.889 bits per heavy atom. The highest BCUT2D eigenvalue weighted by Crippen LogP contribution is 2.25. The lowest BCUT2D eigenvalue weighted by atomic mass is 9.92. The van der Waals surface area contributed by atoms with Gasteiger partial charge in [-0.2, -0.15) is 0 Å². The van der Waals surface area contributed by atoms with E-state index in [4.69, 9.17) is 6.42 Å². The normalized spacial score (nSPS) is 11.6. The van der Waals surface area contributed by atoms with E-state index in [0.717, 1.165) is 11.1 Å². The van der Waals surface area contributed by atoms with Crippen LogP contribution in [0.2, 0.25) is 0 Å². The van der Waals surface area contributed by atoms with Gasteiger partial charge in [0, 0.05) is 19.8 Å². The first kappa shape index (κ1) is 12.3. The van der Waals surface area contributed by atoms with Crippen LogP contribution in [0, 0.1) is 12.3 Å². The Hall–Kier alpha value is -2.20. The lowest BCUT2D eigenvalue weighted by Crippen LogP contribution is -2.08. The second kappa shape index (κ2) is 5.42. The van der Waals surface area contributed by atoms with Gasteiger partial charge in [0.15, 0.2) is 0 Å². The fourth-order valence-electron chi connectivity index (χ4n) is 2.00. The highest BCUT2D eigenvalue weighted by Gasteiger charge is 2.10. The van der Waals surface area contributed by atoms with Gasteiger partial charge in [-0.05, 0) is 23.3 Å². The number of hydrogen-bond acceptors (Lipinski definition) is 1. The minimum atomic E-state index is 0.0300. The molecule has 0 aliphatic carbocycles. The van der Waals surface area contributed by atoms with Gasteiger partial charge in [-0.3, -0.25) is 0 Å². The molecule has 1 heteroatoms. The van der Waals surface area contributed by atoms with E-state index in [1.807, 2.05) is 32.3 Å². The van der Waals surface area contributed by atoms with E-state index in [1.54, 1.807) is 0 Å². The molecule has 18 heavy (non-hydrogen) atoms. The predicted octanol–water partition coefficient (Wildman–Crippen LogP) is 3.52. The smallest absolute Gasteiger partial charge is 0.0699 e. The van der Waals surface area contributed by atoms with Gasteiger partial charge in [0.25, 0.3) is 0 Å². The summed E-state index contributed by atoms with van der Waals surface area (Å²) in [7, 11) is 4.07. The summed E-state index contributed by atoms with van der Waals surface area (Å²) >= 11 is 0. The molecule has 2 rings (SSSR count). The van der Waals surface area contributed by atoms with Crippen molar-refractivity contribution in [2.24, 2.45) is 0 Å². The molecule has 0 amide bonds. The third kappa shape index (κ3) is 2.55. The van der Waals surface area contributed by atoms with Crippen LogP contribution in [-0.4, -0.2) is 14.1 Å². The second-order valence-corrected chi connectivity index (χ2v) is 4.50. The molecule has 90 valence electrons. The largest absolute Gasteiger partial charge is 0.378 e. The number of terminal acetylenes is 1. The molecule has 2 aromatic carbocycles. The Morgan fingerprint density at radius 2 is 1.44 bits per heavy atom. The van der Waals surface area contributed by atoms with Gasteiger partial charge in [-0.1, -0.05) is 48.4 Å². The van der Waals surface area contributed by atoms with E-state index in [-0.39, 0.29) is 5.92 Å². The minimum Gasteiger partial charge on any atom is -0.378 e. The van der Waals surface area contributed by atoms with Gasteiger partial charge in [0.05, 0.1) is 5.92 Å². The molecule has 0 N–H and O–H groups in total. The van der Waals surface area contributed by atoms with Gasteiger partial charge in [-0.25, -0.2) is 0 Å². The van der Waals surface area contributed by atoms with E-state index < -0.39 is 0 Å². The Kier molecular flexibility index (Phi) is 3.69. The second-order valence-electron chi connectivity index (χ2n) is 4.50. The third-order valence-corrected chi connectivity index (χ3v) is 3.04. The Morgan fingerprint density at radius 3 is 1.94 bits per heavy atom. The fourth-order valence-corrected chi connectivity index (χ4v) is 2.00. The Labute approximate surface area is 109 Å². The summed E-state index contributed by atoms with van der Waals surface area (Å²) in [5.41, 5.74) is 3.51. The summed E-state index contributed by atoms with van der Waals surface area (Å²) in [4.78, 5) is 2.08. The molecule has 1 atom stereocenters. The van der Waals surface area contributed by atoms with Crippen molar-refractivity contribution in [3.8, 4) is 12.3 Å². The van der Waals surface area contributed by atoms with E-state index in [2.05, 4.69) is 47.2 Å². The van der Waals surface area contributed by atoms with E-state index in [9.17, 15) is 0 Å². The molecular weight excluding hydrogens is 218 g/mol. The summed E-state index contributed by atoms with van der Waals surface area (Å²) in [6.45, 7) is 0. The number of rotatable bonds is 3. The molecule has 0 heterocycles. The molecule has 0 aromatic heterocycles. The van der Waals surface area contributed by atoms with Crippen molar-refractivity contribution < 1.29 is 0 Å². The minimum absolute atomic E-state index is 0.0300. The average Bonchev–Trinajstić information content (AvgIpc) is 2.41. The summed E-state index contributed by atoms with van der Waals surface area (Å²) < 4.78 is 0. The van der Waals surface area contributed by atoms with Crippen LogP contribution in [0.15, 0.2) is 54.6 Å². The Balaban J connectivity index is 2.32. The standard InChI is InChI=1S/C17H17N/c1-4-17(14-8-6-5-7-9-14)15-10-12-16(13-11-15)18(2)3/h1,5-13,17H,2-3H3/t17-/m1/s1. The van der Waals surface area contributed by atoms with Crippen LogP contribution in [0.5, 0.6) is 0 Å². The topological polar surface area (TPSA) is 3.24 Å². The summed E-state index contributed by atoms with van der Waals surface area (Å²) in [5, 5.41) is 0. The van der Waals surface area contributed by atoms with Crippen LogP contribution in [0.25, 0.3) is 0 Å². The molecule has 2 aromatic rings. The molecule has 0 bridgehead atoms. The van der Waals surface area contributed by atoms with Crippen molar-refractivity contribution in [1.29, 1.82) is 0 Å². The Bertz CT molecular complexity index is 532. The molecular formula is C17H17N. The fraction of sp³-hybridized carbons (Fsp3) is 0.176. The molecule has 0 aliphatic heterocycles. The van der Waals surface area contributed by atoms with E-state index >= 15 is 0 Å². The van der Waals surface area contributed by atoms with Crippen molar-refractivity contribution in [1.82, 2.24) is 0 Å². The van der Waals surface area contributed by atoms with Crippen molar-refractivity contribution in [2.75, 3.05) is 19.0 Å². The molecule has 0 spiro atoms. The molecule has 1 nitrogen and oxygen atoms in total. The first-order valence-electron chi connectivity index (χ1n) is 6.00. The zero-order valence-corrected chi connectivity index (χ0v) is 10.8. The van der Waals surface area contributed by atoms with Crippen LogP contribution >= 0.6 is 0 Å². The molecule has 0 saturated heterocycles. The lowest BCUT2D eigenvalue weighted by Gasteiger charge is -2.15. The van der Waals surface area contributed by atoms with Crippen molar-refractivity contribution in [3.63, 3.8) is 0 Å². The number of nitrogens with zero attached hydrogens (tertiary/aromatic N) is 1. The first-order chi connectivity index (χ1) is 8.72. The summed E-state index contributed by atoms with van der Waals surface area (Å²) in [6, 6.07) is 18.6. The summed E-state index contributed by atoms with van der Waals surface area (Å²) in [5.74, 6) is 2.90. The molecule has 0 unspecified atom stereocenters. The number of benzene rings is 2. The van der Waals surface area contributed by atoms with Crippen molar-refractivity contribution >= 4 is 5.69 Å². The van der Waals surface area contributed by atoms with Crippen LogP contribution in [0.1, 0.15) is 17.0 Å². The SMILES string of the molecule is C#C[C@H](c1ccccc1)c1ccc(N(C)C)cc1. The monoisotopic (exact) mass is 235 g/mol. The van der Waals surface area contributed by atoms with Crippen molar-refractivity contribution in [2.45, 2.75) is 5.92 Å². The predicted molar refractivity (Wildman–Crippen MR) is 77.9 cm³/mol. The van der Waals surface area contributed by atoms with Gasteiger partial charge in [0.1, 0.15) is 0 Å². The maximum absolute atomic E-state index is 5.67. The molecule has 0 aliphatic rings. The van der Waals surface area contributed by atoms with Gasteiger partial charge < -0.3 is 4.90 Å². The zero-order valence-electron chi connectivity index (χ0n) is 10.8. The first-order valence-corrected chi connectivity index (χ1v) is 6.00. The van der Waals surface area contributed by atoms with Crippen LogP contribution in [-0.2, 0) is 0 Å². The third-order valence-electron chi connectivity index (χ3n) is 3.04. The maximum atomic E-state index is 5.67. The lowest BCUT2D eigenvalue weighted by molar-refractivity contribution is 1.06. The highest BCUT2D eigenvalue weighted by molar-refractivity contribution is 5.49. The van der Waals surface area contributed by atoms with Crippen LogP contribution < -0.4 is 4.90 Å². The average molecular weight is 235 g/mol. The molecule has 0 fully saturated rings. The van der Waals surface area contributed by atoms with E-state index in [0.29, 0.717) is 0 Å². The van der Waals surface area contributed by atoms with Crippen LogP contribution in [0.3, 0.4) is 0 Å². The highest BCUT2D eigenvalue weighted by atomic mass is 15.1. The number of anilines is 1. The van der Waals surface area contributed by atoms with Crippen molar-refractivity contribution in [3.05, 3.63) is 65.7 Å². The summed E-state index contributed by atoms with van der Waals surface area (Å²) in [6.07, 6.45) is 5.67. The number of hydrogen-bond donors (Lipinski definition) is 0.